The molecule has 2 fully saturated rings. The van der Waals surface area contributed by atoms with E-state index in [1.54, 1.807) is 0 Å². The molecule has 1 saturated heterocycles. The van der Waals surface area contributed by atoms with Crippen LogP contribution in [0.4, 0.5) is 4.79 Å². The molecule has 1 saturated carbocycles. The predicted molar refractivity (Wildman–Crippen MR) is 71.5 cm³/mol. The maximum atomic E-state index is 12.4. The first-order valence-electron chi connectivity index (χ1n) is 6.84. The van der Waals surface area contributed by atoms with Crippen molar-refractivity contribution in [2.24, 2.45) is 0 Å². The van der Waals surface area contributed by atoms with Crippen molar-refractivity contribution in [2.45, 2.75) is 37.8 Å². The van der Waals surface area contributed by atoms with Gasteiger partial charge in [0.05, 0.1) is 17.8 Å². The van der Waals surface area contributed by atoms with Gasteiger partial charge in [0.2, 0.25) is 0 Å². The number of hydrogen-bond donors (Lipinski definition) is 2. The minimum Gasteiger partial charge on any atom is -0.478 e. The number of carbonyl (C=O) groups is 3. The molecule has 2 heterocycles. The summed E-state index contributed by atoms with van der Waals surface area (Å²) in [5.74, 6) is -1.26. The second-order valence-electron chi connectivity index (χ2n) is 5.45. The van der Waals surface area contributed by atoms with Gasteiger partial charge in [0.15, 0.2) is 0 Å². The molecule has 0 atom stereocenters. The summed E-state index contributed by atoms with van der Waals surface area (Å²) in [6, 6.07) is 2.53. The first-order valence-corrected chi connectivity index (χ1v) is 6.84. The first kappa shape index (κ1) is 13.5. The molecule has 0 radical (unpaired) electrons. The van der Waals surface area contributed by atoms with E-state index in [1.807, 2.05) is 0 Å². The lowest BCUT2D eigenvalue weighted by atomic mass is 9.98. The molecule has 110 valence electrons. The summed E-state index contributed by atoms with van der Waals surface area (Å²) in [5.41, 5.74) is -0.167. The number of urea groups is 1. The lowest BCUT2D eigenvalue weighted by Gasteiger charge is -2.19. The Kier molecular flexibility index (Phi) is 3.12. The largest absolute Gasteiger partial charge is 0.478 e. The Labute approximate surface area is 121 Å². The van der Waals surface area contributed by atoms with E-state index in [0.29, 0.717) is 18.5 Å². The van der Waals surface area contributed by atoms with Crippen molar-refractivity contribution in [2.75, 3.05) is 0 Å². The highest BCUT2D eigenvalue weighted by molar-refractivity contribution is 6.07. The number of amides is 3. The Hall–Kier alpha value is -2.44. The first-order chi connectivity index (χ1) is 10.0. The highest BCUT2D eigenvalue weighted by Crippen LogP contribution is 2.35. The standard InChI is InChI=1S/C14H15N3O4/c18-11(19)9-3-4-10(15-7-9)8-17-12(20)14(16-13(17)21)5-1-2-6-14/h3-4,7H,1-2,5-6,8H2,(H,16,21)(H,18,19). The van der Waals surface area contributed by atoms with E-state index in [1.165, 1.54) is 18.3 Å². The number of rotatable bonds is 3. The summed E-state index contributed by atoms with van der Waals surface area (Å²) in [5, 5.41) is 11.6. The molecule has 7 heteroatoms. The molecule has 2 aliphatic rings. The monoisotopic (exact) mass is 289 g/mol. The van der Waals surface area contributed by atoms with Gasteiger partial charge in [-0.15, -0.1) is 0 Å². The van der Waals surface area contributed by atoms with Crippen molar-refractivity contribution in [3.05, 3.63) is 29.6 Å². The van der Waals surface area contributed by atoms with E-state index in [2.05, 4.69) is 10.3 Å². The minimum absolute atomic E-state index is 0.0618. The van der Waals surface area contributed by atoms with E-state index in [9.17, 15) is 14.4 Å². The summed E-state index contributed by atoms with van der Waals surface area (Å²) in [7, 11) is 0. The van der Waals surface area contributed by atoms with Gasteiger partial charge in [-0.3, -0.25) is 14.7 Å². The fourth-order valence-corrected chi connectivity index (χ4v) is 2.94. The molecule has 1 aromatic heterocycles. The van der Waals surface area contributed by atoms with Gasteiger partial charge in [0.1, 0.15) is 5.54 Å². The number of carbonyl (C=O) groups excluding carboxylic acids is 2. The Morgan fingerprint density at radius 3 is 2.62 bits per heavy atom. The summed E-state index contributed by atoms with van der Waals surface area (Å²) in [6.45, 7) is 0.0618. The van der Waals surface area contributed by atoms with Crippen molar-refractivity contribution in [1.29, 1.82) is 0 Å². The molecule has 3 rings (SSSR count). The maximum Gasteiger partial charge on any atom is 0.337 e. The normalized spacial score (nSPS) is 20.1. The van der Waals surface area contributed by atoms with Crippen LogP contribution >= 0.6 is 0 Å². The number of nitrogens with zero attached hydrogens (tertiary/aromatic N) is 2. The molecule has 1 aliphatic heterocycles. The van der Waals surface area contributed by atoms with E-state index in [-0.39, 0.29) is 18.0 Å². The highest BCUT2D eigenvalue weighted by Gasteiger charge is 2.52. The molecule has 2 N–H and O–H groups in total. The van der Waals surface area contributed by atoms with Crippen LogP contribution in [0, 0.1) is 0 Å². The van der Waals surface area contributed by atoms with Gasteiger partial charge in [0.25, 0.3) is 5.91 Å². The van der Waals surface area contributed by atoms with E-state index >= 15 is 0 Å². The van der Waals surface area contributed by atoms with Gasteiger partial charge in [-0.2, -0.15) is 0 Å². The van der Waals surface area contributed by atoms with E-state index in [0.717, 1.165) is 17.7 Å². The van der Waals surface area contributed by atoms with Crippen LogP contribution in [-0.2, 0) is 11.3 Å². The van der Waals surface area contributed by atoms with Crippen LogP contribution in [0.1, 0.15) is 41.7 Å². The summed E-state index contributed by atoms with van der Waals surface area (Å²) in [6.07, 6.45) is 4.46. The zero-order valence-electron chi connectivity index (χ0n) is 11.3. The predicted octanol–water partition coefficient (Wildman–Crippen LogP) is 1.14. The fraction of sp³-hybridized carbons (Fsp3) is 0.429. The lowest BCUT2D eigenvalue weighted by molar-refractivity contribution is -0.131. The van der Waals surface area contributed by atoms with Crippen molar-refractivity contribution < 1.29 is 19.5 Å². The number of imide groups is 1. The SMILES string of the molecule is O=C(O)c1ccc(CN2C(=O)NC3(CCCC3)C2=O)nc1. The van der Waals surface area contributed by atoms with Gasteiger partial charge in [-0.1, -0.05) is 12.8 Å². The van der Waals surface area contributed by atoms with E-state index in [4.69, 9.17) is 5.11 Å². The fourth-order valence-electron chi connectivity index (χ4n) is 2.94. The molecule has 0 bridgehead atoms. The number of carboxylic acids is 1. The molecule has 0 unspecified atom stereocenters. The number of aromatic nitrogens is 1. The third kappa shape index (κ3) is 2.24. The van der Waals surface area contributed by atoms with Crippen molar-refractivity contribution >= 4 is 17.9 Å². The summed E-state index contributed by atoms with van der Waals surface area (Å²) in [4.78, 5) is 40.4. The van der Waals surface area contributed by atoms with Gasteiger partial charge in [0, 0.05) is 6.20 Å². The zero-order valence-corrected chi connectivity index (χ0v) is 11.3. The van der Waals surface area contributed by atoms with Crippen LogP contribution < -0.4 is 5.32 Å². The maximum absolute atomic E-state index is 12.4. The number of nitrogens with one attached hydrogen (secondary N) is 1. The second kappa shape index (κ2) is 4.83. The Morgan fingerprint density at radius 2 is 2.05 bits per heavy atom. The highest BCUT2D eigenvalue weighted by atomic mass is 16.4. The number of carboxylic acid groups (broad SMARTS) is 1. The van der Waals surface area contributed by atoms with Crippen LogP contribution in [0.5, 0.6) is 0 Å². The van der Waals surface area contributed by atoms with Gasteiger partial charge >= 0.3 is 12.0 Å². The van der Waals surface area contributed by atoms with Crippen molar-refractivity contribution in [3.8, 4) is 0 Å². The second-order valence-corrected chi connectivity index (χ2v) is 5.45. The van der Waals surface area contributed by atoms with Gasteiger partial charge in [-0.05, 0) is 25.0 Å². The van der Waals surface area contributed by atoms with Crippen LogP contribution in [0.15, 0.2) is 18.3 Å². The van der Waals surface area contributed by atoms with Crippen LogP contribution in [0.3, 0.4) is 0 Å². The average molecular weight is 289 g/mol. The number of aromatic carboxylic acids is 1. The topological polar surface area (TPSA) is 99.6 Å². The van der Waals surface area contributed by atoms with Crippen LogP contribution in [0.2, 0.25) is 0 Å². The third-order valence-corrected chi connectivity index (χ3v) is 4.09. The van der Waals surface area contributed by atoms with E-state index < -0.39 is 17.5 Å². The minimum atomic E-state index is -1.06. The number of pyridine rings is 1. The Bertz CT molecular complexity index is 605. The van der Waals surface area contributed by atoms with Crippen LogP contribution in [-0.4, -0.2) is 38.4 Å². The molecule has 21 heavy (non-hydrogen) atoms. The van der Waals surface area contributed by atoms with Crippen LogP contribution in [0.25, 0.3) is 0 Å². The molecule has 7 nitrogen and oxygen atoms in total. The molecular weight excluding hydrogens is 274 g/mol. The number of hydrogen-bond acceptors (Lipinski definition) is 4. The Morgan fingerprint density at radius 1 is 1.33 bits per heavy atom. The smallest absolute Gasteiger partial charge is 0.337 e. The van der Waals surface area contributed by atoms with Gasteiger partial charge in [-0.25, -0.2) is 9.59 Å². The Balaban J connectivity index is 1.77. The molecule has 0 aromatic carbocycles. The third-order valence-electron chi connectivity index (χ3n) is 4.09. The summed E-state index contributed by atoms with van der Waals surface area (Å²) < 4.78 is 0. The molecule has 1 aliphatic carbocycles. The molecule has 1 spiro atoms. The lowest BCUT2D eigenvalue weighted by Crippen LogP contribution is -2.44. The summed E-state index contributed by atoms with van der Waals surface area (Å²) >= 11 is 0. The molecule has 1 aromatic rings. The van der Waals surface area contributed by atoms with Crippen molar-refractivity contribution in [1.82, 2.24) is 15.2 Å². The molecule has 3 amide bonds. The van der Waals surface area contributed by atoms with Crippen molar-refractivity contribution in [3.63, 3.8) is 0 Å². The van der Waals surface area contributed by atoms with Gasteiger partial charge < -0.3 is 10.4 Å². The average Bonchev–Trinajstić information content (AvgIpc) is 3.01. The quantitative estimate of drug-likeness (QED) is 0.813. The zero-order chi connectivity index (χ0) is 15.0. The molecular formula is C14H15N3O4.